The van der Waals surface area contributed by atoms with Gasteiger partial charge in [0.15, 0.2) is 11.5 Å². The Balaban J connectivity index is 1.93. The van der Waals surface area contributed by atoms with E-state index in [1.807, 2.05) is 44.2 Å². The third-order valence-electron chi connectivity index (χ3n) is 5.20. The first kappa shape index (κ1) is 20.3. The van der Waals surface area contributed by atoms with E-state index in [0.29, 0.717) is 53.4 Å². The maximum Gasteiger partial charge on any atom is 0.200 e. The summed E-state index contributed by atoms with van der Waals surface area (Å²) in [4.78, 5) is 13.6. The van der Waals surface area contributed by atoms with E-state index in [1.165, 1.54) is 0 Å². The van der Waals surface area contributed by atoms with Crippen LogP contribution in [0.4, 0.5) is 0 Å². The van der Waals surface area contributed by atoms with Crippen LogP contribution in [0.5, 0.6) is 17.2 Å². The molecule has 2 aromatic carbocycles. The molecule has 0 saturated heterocycles. The third kappa shape index (κ3) is 3.76. The lowest BCUT2D eigenvalue weighted by molar-refractivity contribution is 0.171. The highest BCUT2D eigenvalue weighted by Gasteiger charge is 2.20. The number of fused-ring (bicyclic) bond motifs is 2. The second-order valence-electron chi connectivity index (χ2n) is 7.81. The van der Waals surface area contributed by atoms with Gasteiger partial charge in [-0.25, -0.2) is 0 Å². The van der Waals surface area contributed by atoms with Crippen molar-refractivity contribution in [3.8, 4) is 28.4 Å². The molecule has 5 heteroatoms. The summed E-state index contributed by atoms with van der Waals surface area (Å²) >= 11 is 0. The van der Waals surface area contributed by atoms with E-state index in [-0.39, 0.29) is 11.5 Å². The van der Waals surface area contributed by atoms with Gasteiger partial charge in [-0.2, -0.15) is 0 Å². The van der Waals surface area contributed by atoms with Crippen molar-refractivity contribution >= 4 is 11.0 Å². The van der Waals surface area contributed by atoms with Gasteiger partial charge in [-0.05, 0) is 56.0 Å². The van der Waals surface area contributed by atoms with Crippen LogP contribution in [0.15, 0.2) is 39.5 Å². The van der Waals surface area contributed by atoms with Crippen molar-refractivity contribution in [2.45, 2.75) is 53.1 Å². The molecule has 0 spiro atoms. The van der Waals surface area contributed by atoms with Crippen LogP contribution in [0, 0.1) is 0 Å². The van der Waals surface area contributed by atoms with Crippen molar-refractivity contribution in [1.29, 1.82) is 0 Å². The molecule has 158 valence electrons. The first-order chi connectivity index (χ1) is 14.5. The second kappa shape index (κ2) is 8.42. The van der Waals surface area contributed by atoms with E-state index in [9.17, 15) is 4.79 Å². The molecule has 0 saturated carbocycles. The fourth-order valence-corrected chi connectivity index (χ4v) is 3.85. The maximum atomic E-state index is 13.6. The van der Waals surface area contributed by atoms with Gasteiger partial charge in [0.05, 0.1) is 17.1 Å². The molecule has 4 rings (SSSR count). The highest BCUT2D eigenvalue weighted by molar-refractivity contribution is 5.85. The minimum Gasteiger partial charge on any atom is -0.491 e. The van der Waals surface area contributed by atoms with Crippen LogP contribution >= 0.6 is 0 Å². The van der Waals surface area contributed by atoms with Gasteiger partial charge in [-0.1, -0.05) is 19.9 Å². The molecule has 0 unspecified atom stereocenters. The summed E-state index contributed by atoms with van der Waals surface area (Å²) in [6.45, 7) is 9.16. The molecule has 0 bridgehead atoms. The number of hydrogen-bond acceptors (Lipinski definition) is 5. The summed E-state index contributed by atoms with van der Waals surface area (Å²) in [5.41, 5.74) is 2.93. The lowest BCUT2D eigenvalue weighted by atomic mass is 9.98. The SMILES string of the molecule is CCCc1oc2cc(OC(C)C)c(CC)cc2c(=O)c1-c1ccc2c(c1)OCCO2. The Hall–Kier alpha value is -2.95. The summed E-state index contributed by atoms with van der Waals surface area (Å²) in [5, 5.41) is 0.577. The predicted molar refractivity (Wildman–Crippen MR) is 118 cm³/mol. The van der Waals surface area contributed by atoms with Crippen LogP contribution in [0.1, 0.15) is 45.4 Å². The van der Waals surface area contributed by atoms with Crippen molar-refractivity contribution in [1.82, 2.24) is 0 Å². The van der Waals surface area contributed by atoms with Crippen LogP contribution in [0.25, 0.3) is 22.1 Å². The standard InChI is InChI=1S/C25H28O5/c1-5-7-20-24(17-8-9-19-23(13-17)28-11-10-27-19)25(26)18-12-16(6-2)21(29-15(3)4)14-22(18)30-20/h8-9,12-15H,5-7,10-11H2,1-4H3. The molecule has 2 heterocycles. The molecule has 0 N–H and O–H groups in total. The highest BCUT2D eigenvalue weighted by atomic mass is 16.6. The zero-order valence-corrected chi connectivity index (χ0v) is 18.0. The molecule has 1 aliphatic heterocycles. The van der Waals surface area contributed by atoms with Gasteiger partial charge in [0, 0.05) is 12.5 Å². The van der Waals surface area contributed by atoms with E-state index < -0.39 is 0 Å². The summed E-state index contributed by atoms with van der Waals surface area (Å²) in [5.74, 6) is 2.83. The second-order valence-corrected chi connectivity index (χ2v) is 7.81. The lowest BCUT2D eigenvalue weighted by Gasteiger charge is -2.19. The zero-order valence-electron chi connectivity index (χ0n) is 18.0. The van der Waals surface area contributed by atoms with Gasteiger partial charge in [-0.15, -0.1) is 0 Å². The summed E-state index contributed by atoms with van der Waals surface area (Å²) in [6.07, 6.45) is 2.36. The number of rotatable bonds is 6. The van der Waals surface area contributed by atoms with E-state index in [0.717, 1.165) is 29.7 Å². The molecule has 0 amide bonds. The van der Waals surface area contributed by atoms with Crippen molar-refractivity contribution in [3.63, 3.8) is 0 Å². The topological polar surface area (TPSA) is 57.9 Å². The number of aryl methyl sites for hydroxylation is 2. The fraction of sp³-hybridized carbons (Fsp3) is 0.400. The molecule has 30 heavy (non-hydrogen) atoms. The van der Waals surface area contributed by atoms with Crippen LogP contribution in [0.3, 0.4) is 0 Å². The van der Waals surface area contributed by atoms with Crippen LogP contribution in [-0.4, -0.2) is 19.3 Å². The van der Waals surface area contributed by atoms with Gasteiger partial charge in [0.1, 0.15) is 30.3 Å². The molecule has 0 fully saturated rings. The number of benzene rings is 2. The largest absolute Gasteiger partial charge is 0.491 e. The molecule has 0 aliphatic carbocycles. The van der Waals surface area contributed by atoms with Crippen LogP contribution in [-0.2, 0) is 12.8 Å². The van der Waals surface area contributed by atoms with Gasteiger partial charge >= 0.3 is 0 Å². The molecule has 0 atom stereocenters. The third-order valence-corrected chi connectivity index (χ3v) is 5.20. The highest BCUT2D eigenvalue weighted by Crippen LogP contribution is 2.36. The van der Waals surface area contributed by atoms with Gasteiger partial charge in [0.2, 0.25) is 5.43 Å². The van der Waals surface area contributed by atoms with E-state index in [4.69, 9.17) is 18.6 Å². The maximum absolute atomic E-state index is 13.6. The summed E-state index contributed by atoms with van der Waals surface area (Å²) in [7, 11) is 0. The monoisotopic (exact) mass is 408 g/mol. The van der Waals surface area contributed by atoms with Crippen molar-refractivity contribution in [2.75, 3.05) is 13.2 Å². The summed E-state index contributed by atoms with van der Waals surface area (Å²) < 4.78 is 23.6. The predicted octanol–water partition coefficient (Wildman–Crippen LogP) is 5.53. The number of hydrogen-bond donors (Lipinski definition) is 0. The van der Waals surface area contributed by atoms with Gasteiger partial charge in [0.25, 0.3) is 0 Å². The normalized spacial score (nSPS) is 13.1. The smallest absolute Gasteiger partial charge is 0.200 e. The van der Waals surface area contributed by atoms with Crippen molar-refractivity contribution in [3.05, 3.63) is 51.9 Å². The van der Waals surface area contributed by atoms with Crippen LogP contribution in [0.2, 0.25) is 0 Å². The van der Waals surface area contributed by atoms with E-state index in [1.54, 1.807) is 0 Å². The Morgan fingerprint density at radius 1 is 1.03 bits per heavy atom. The Labute approximate surface area is 176 Å². The first-order valence-electron chi connectivity index (χ1n) is 10.7. The Morgan fingerprint density at radius 3 is 2.50 bits per heavy atom. The molecular formula is C25H28O5. The molecule has 5 nitrogen and oxygen atoms in total. The molecular weight excluding hydrogens is 380 g/mol. The Bertz CT molecular complexity index is 1130. The van der Waals surface area contributed by atoms with Crippen molar-refractivity contribution < 1.29 is 18.6 Å². The lowest BCUT2D eigenvalue weighted by Crippen LogP contribution is -2.16. The van der Waals surface area contributed by atoms with E-state index >= 15 is 0 Å². The molecule has 3 aromatic rings. The quantitative estimate of drug-likeness (QED) is 0.536. The molecule has 1 aromatic heterocycles. The minimum atomic E-state index is -0.0258. The Morgan fingerprint density at radius 2 is 1.80 bits per heavy atom. The summed E-state index contributed by atoms with van der Waals surface area (Å²) in [6, 6.07) is 9.42. The van der Waals surface area contributed by atoms with Crippen molar-refractivity contribution in [2.24, 2.45) is 0 Å². The van der Waals surface area contributed by atoms with Gasteiger partial charge < -0.3 is 18.6 Å². The molecule has 0 radical (unpaired) electrons. The van der Waals surface area contributed by atoms with Gasteiger partial charge in [-0.3, -0.25) is 4.79 Å². The average molecular weight is 408 g/mol. The minimum absolute atomic E-state index is 0.0258. The fourth-order valence-electron chi connectivity index (χ4n) is 3.85. The van der Waals surface area contributed by atoms with E-state index in [2.05, 4.69) is 13.8 Å². The first-order valence-corrected chi connectivity index (χ1v) is 10.7. The average Bonchev–Trinajstić information content (AvgIpc) is 2.73. The molecule has 1 aliphatic rings. The Kier molecular flexibility index (Phi) is 5.71. The zero-order chi connectivity index (χ0) is 21.3. The van der Waals surface area contributed by atoms with Crippen LogP contribution < -0.4 is 19.6 Å². The number of ether oxygens (including phenoxy) is 3.